The third kappa shape index (κ3) is 56.1. The zero-order chi connectivity index (χ0) is 109. The summed E-state index contributed by atoms with van der Waals surface area (Å²) in [5.74, 6) is -12.2. The first-order chi connectivity index (χ1) is 70.5. The molecule has 0 aromatic carbocycles. The van der Waals surface area contributed by atoms with E-state index in [9.17, 15) is 101 Å². The number of nitrogens with one attached hydrogen (secondary N) is 10. The maximum absolute atomic E-state index is 14.1. The van der Waals surface area contributed by atoms with E-state index in [2.05, 4.69) is 53.2 Å². The normalized spacial score (nSPS) is 20.9. The highest BCUT2D eigenvalue weighted by atomic mass is 16.7. The molecule has 4 heterocycles. The molecule has 0 saturated carbocycles. The number of amides is 12. The van der Waals surface area contributed by atoms with Gasteiger partial charge in [0.2, 0.25) is 59.1 Å². The van der Waals surface area contributed by atoms with E-state index in [0.29, 0.717) is 57.8 Å². The van der Waals surface area contributed by atoms with Gasteiger partial charge in [0.05, 0.1) is 99.0 Å². The fraction of sp³-hybridized carbons (Fsp3) is 0.755. The van der Waals surface area contributed by atoms with Crippen LogP contribution in [0.3, 0.4) is 0 Å². The lowest BCUT2D eigenvalue weighted by Gasteiger charge is -2.44. The van der Waals surface area contributed by atoms with Gasteiger partial charge in [-0.2, -0.15) is 0 Å². The molecule has 0 unspecified atom stereocenters. The van der Waals surface area contributed by atoms with Crippen LogP contribution in [-0.4, -0.2) is 405 Å². The molecular formula is C94H149N11O43. The van der Waals surface area contributed by atoms with Crippen molar-refractivity contribution in [2.24, 2.45) is 0 Å². The molecule has 4 aliphatic heterocycles. The second-order valence-electron chi connectivity index (χ2n) is 34.4. The molecule has 10 N–H and O–H groups in total. The molecule has 148 heavy (non-hydrogen) atoms. The van der Waals surface area contributed by atoms with E-state index >= 15 is 0 Å². The van der Waals surface area contributed by atoms with Crippen molar-refractivity contribution >= 4 is 125 Å². The average molecular weight is 2120 g/mol. The van der Waals surface area contributed by atoms with Gasteiger partial charge >= 0.3 is 53.7 Å². The molecule has 4 rings (SSSR count). The van der Waals surface area contributed by atoms with Crippen LogP contribution in [0.25, 0.3) is 0 Å². The van der Waals surface area contributed by atoms with Gasteiger partial charge in [0.1, 0.15) is 61.8 Å². The van der Waals surface area contributed by atoms with Crippen LogP contribution in [0, 0.1) is 0 Å². The van der Waals surface area contributed by atoms with Gasteiger partial charge in [0.15, 0.2) is 55.5 Å². The zero-order valence-electron chi connectivity index (χ0n) is 86.2. The first kappa shape index (κ1) is 129. The maximum atomic E-state index is 14.1. The molecular weight excluding hydrogens is 1970 g/mol. The lowest BCUT2D eigenvalue weighted by molar-refractivity contribution is -0.277. The van der Waals surface area contributed by atoms with Crippen molar-refractivity contribution in [3.8, 4) is 0 Å². The molecule has 4 aliphatic rings. The summed E-state index contributed by atoms with van der Waals surface area (Å²) in [7, 11) is 0. The highest BCUT2D eigenvalue weighted by Crippen LogP contribution is 2.32. The van der Waals surface area contributed by atoms with E-state index in [1.807, 2.05) is 0 Å². The lowest BCUT2D eigenvalue weighted by atomic mass is 9.96. The summed E-state index contributed by atoms with van der Waals surface area (Å²) in [5.41, 5.74) is -1.58. The minimum absolute atomic E-state index is 0.0294. The van der Waals surface area contributed by atoms with E-state index in [1.165, 1.54) is 32.9 Å². The number of rotatable bonds is 76. The second-order valence-corrected chi connectivity index (χ2v) is 34.4. The molecule has 0 aromatic heterocycles. The highest BCUT2D eigenvalue weighted by molar-refractivity contribution is 6.12. The average Bonchev–Trinajstić information content (AvgIpc) is 0.794. The van der Waals surface area contributed by atoms with Gasteiger partial charge in [0, 0.05) is 199 Å². The summed E-state index contributed by atoms with van der Waals surface area (Å²) in [5, 5.41) is 27.4. The number of hydrogen-bond donors (Lipinski definition) is 10. The Morgan fingerprint density at radius 1 is 0.277 bits per heavy atom. The molecule has 838 valence electrons. The van der Waals surface area contributed by atoms with Crippen molar-refractivity contribution in [3.05, 3.63) is 12.2 Å². The first-order valence-electron chi connectivity index (χ1n) is 49.1. The fourth-order valence-electron chi connectivity index (χ4n) is 14.8. The Morgan fingerprint density at radius 2 is 0.520 bits per heavy atom. The van der Waals surface area contributed by atoms with Gasteiger partial charge in [-0.1, -0.05) is 0 Å². The van der Waals surface area contributed by atoms with Crippen LogP contribution in [0.1, 0.15) is 186 Å². The smallest absolute Gasteiger partial charge is 0.303 e. The summed E-state index contributed by atoms with van der Waals surface area (Å²) < 4.78 is 125. The highest BCUT2D eigenvalue weighted by Gasteiger charge is 2.55. The largest absolute Gasteiger partial charge is 0.463 e. The van der Waals surface area contributed by atoms with Crippen LogP contribution in [0.2, 0.25) is 0 Å². The zero-order valence-corrected chi connectivity index (χ0v) is 86.2. The molecule has 0 aliphatic carbocycles. The molecule has 3 saturated heterocycles. The fourth-order valence-corrected chi connectivity index (χ4v) is 14.8. The summed E-state index contributed by atoms with van der Waals surface area (Å²) in [4.78, 5) is 263. The number of hydrogen-bond acceptors (Lipinski definition) is 43. The van der Waals surface area contributed by atoms with E-state index in [-0.39, 0.29) is 221 Å². The Balaban J connectivity index is 1.38. The van der Waals surface area contributed by atoms with Crippen molar-refractivity contribution in [2.45, 2.75) is 283 Å². The molecule has 0 spiro atoms. The second kappa shape index (κ2) is 73.4. The summed E-state index contributed by atoms with van der Waals surface area (Å²) in [6.45, 7) is 12.5. The van der Waals surface area contributed by atoms with Crippen molar-refractivity contribution in [2.75, 3.05) is 178 Å². The standard InChI is InChI=1S/C94H149N11O43/c1-58(106)101-82-88(143-67(10)115)85(140-64(7)112)70(52-137-61(4)109)146-91(82)134-38-16-13-22-73(118)95-31-19-34-98-76(121)27-42-131-55-94(104-79(124)30-41-127-46-48-129-50-51-130-49-47-128-45-37-105-80(125)25-26-81(105)126,56-132-43-28-77(122)99-35-20-32-96-74(119)23-14-17-39-135-92-83(102-59(2)107)89(144-68(11)116)86(141-65(8)113)71(147-92)53-138-62(5)110)57-133-44-29-78(123)100-36-21-33-97-75(120)24-15-18-40-136-93-84(103-60(3)108)90(145-69(12)117)87(142-66(9)114)72(148-93)54-139-63(6)111/h25-26,70-72,82-93H,13-24,27-57H2,1-12H3,(H,95,118)(H,96,119)(H,97,120)(H,98,121)(H,99,122)(H,100,123)(H,101,106)(H,102,107)(H,103,108)(H,104,124)/t70-,71-,72-,82-,83-,84-,85+,86+,87+,88-,89-,90-,91-,92-,93-/m1/s1. The minimum atomic E-state index is -1.58. The van der Waals surface area contributed by atoms with Crippen LogP contribution in [0.15, 0.2) is 12.2 Å². The Kier molecular flexibility index (Phi) is 63.8. The third-order valence-electron chi connectivity index (χ3n) is 21.4. The van der Waals surface area contributed by atoms with Gasteiger partial charge in [0.25, 0.3) is 11.8 Å². The number of esters is 9. The maximum Gasteiger partial charge on any atom is 0.303 e. The summed E-state index contributed by atoms with van der Waals surface area (Å²) in [6, 6.07) is -3.56. The van der Waals surface area contributed by atoms with Crippen molar-refractivity contribution < 1.29 is 205 Å². The Morgan fingerprint density at radius 3 is 0.784 bits per heavy atom. The molecule has 0 aromatic rings. The summed E-state index contributed by atoms with van der Waals surface area (Å²) in [6.07, 6.45) is -11.0. The molecule has 3 fully saturated rings. The van der Waals surface area contributed by atoms with Gasteiger partial charge in [-0.15, -0.1) is 0 Å². The van der Waals surface area contributed by atoms with Gasteiger partial charge < -0.3 is 157 Å². The van der Waals surface area contributed by atoms with E-state index in [1.54, 1.807) is 0 Å². The SMILES string of the molecule is CC(=O)N[C@H]1[C@H](OCCCCC(=O)NCCCNC(=O)CCOCC(COCCC(=O)NCCCNC(=O)CCCCO[C@@H]2O[C@H](COC(C)=O)[C@H](OC(C)=O)[C@H](OC(C)=O)[C@H]2NC(C)=O)(COCCC(=O)NCCCNC(=O)CCCCO[C@@H]2O[C@H](COC(C)=O)[C@H](OC(C)=O)[C@H](OC(C)=O)[C@H]2NC(C)=O)NC(=O)CCOCCOCCOCCOCCN2C(=O)C=CC2=O)O[C@H](COC(C)=O)[C@H](OC(C)=O)[C@@H]1OC(C)=O. The van der Waals surface area contributed by atoms with E-state index in [0.717, 1.165) is 67.2 Å². The van der Waals surface area contributed by atoms with Crippen LogP contribution < -0.4 is 53.2 Å². The number of imide groups is 1. The van der Waals surface area contributed by atoms with E-state index in [4.69, 9.17) is 104 Å². The molecule has 0 bridgehead atoms. The third-order valence-corrected chi connectivity index (χ3v) is 21.4. The number of unbranched alkanes of at least 4 members (excludes halogenated alkanes) is 3. The topological polar surface area (TPSA) is 685 Å². The monoisotopic (exact) mass is 2120 g/mol. The van der Waals surface area contributed by atoms with Crippen LogP contribution in [0.4, 0.5) is 0 Å². The molecule has 15 atom stereocenters. The number of carbonyl (C=O) groups excluding carboxylic acids is 21. The summed E-state index contributed by atoms with van der Waals surface area (Å²) >= 11 is 0. The van der Waals surface area contributed by atoms with Crippen LogP contribution >= 0.6 is 0 Å². The number of nitrogens with zero attached hydrogens (tertiary/aromatic N) is 1. The van der Waals surface area contributed by atoms with Crippen LogP contribution in [0.5, 0.6) is 0 Å². The first-order valence-corrected chi connectivity index (χ1v) is 49.1. The Hall–Kier alpha value is -11.7. The van der Waals surface area contributed by atoms with Gasteiger partial charge in [-0.25, -0.2) is 0 Å². The molecule has 12 amide bonds. The Labute approximate surface area is 857 Å². The molecule has 0 radical (unpaired) electrons. The minimum Gasteiger partial charge on any atom is -0.463 e. The van der Waals surface area contributed by atoms with Crippen LogP contribution in [-0.2, 0) is 205 Å². The molecule has 54 nitrogen and oxygen atoms in total. The van der Waals surface area contributed by atoms with Crippen molar-refractivity contribution in [3.63, 3.8) is 0 Å². The van der Waals surface area contributed by atoms with E-state index < -0.39 is 224 Å². The van der Waals surface area contributed by atoms with Crippen molar-refractivity contribution in [1.82, 2.24) is 58.1 Å². The van der Waals surface area contributed by atoms with Crippen molar-refractivity contribution in [1.29, 1.82) is 0 Å². The quantitative estimate of drug-likeness (QED) is 0.0124. The lowest BCUT2D eigenvalue weighted by Crippen LogP contribution is -2.66. The predicted octanol–water partition coefficient (Wildman–Crippen LogP) is -3.16. The molecule has 54 heteroatoms. The van der Waals surface area contributed by atoms with Gasteiger partial charge in [-0.05, 0) is 57.8 Å². The Bertz CT molecular complexity index is 3900. The predicted molar refractivity (Wildman–Crippen MR) is 504 cm³/mol. The van der Waals surface area contributed by atoms with Gasteiger partial charge in [-0.3, -0.25) is 106 Å². The number of carbonyl (C=O) groups is 21. The number of ether oxygens (including phenoxy) is 22.